The number of hydrogen-bond acceptors (Lipinski definition) is 3. The van der Waals surface area contributed by atoms with Crippen LogP contribution < -0.4 is 4.74 Å². The van der Waals surface area contributed by atoms with Gasteiger partial charge in [-0.15, -0.1) is 11.8 Å². The lowest BCUT2D eigenvalue weighted by Crippen LogP contribution is -2.33. The number of para-hydroxylation sites is 1. The maximum absolute atomic E-state index is 13.8. The minimum absolute atomic E-state index is 0.0141. The summed E-state index contributed by atoms with van der Waals surface area (Å²) in [6.45, 7) is 0. The summed E-state index contributed by atoms with van der Waals surface area (Å²) in [7, 11) is 0. The molecule has 0 spiro atoms. The Balaban J connectivity index is 1.74. The van der Waals surface area contributed by atoms with Crippen molar-refractivity contribution in [1.29, 1.82) is 0 Å². The van der Waals surface area contributed by atoms with Crippen LogP contribution in [0.5, 0.6) is 5.75 Å². The van der Waals surface area contributed by atoms with Gasteiger partial charge >= 0.3 is 0 Å². The van der Waals surface area contributed by atoms with Crippen molar-refractivity contribution in [3.05, 3.63) is 58.9 Å². The largest absolute Gasteiger partial charge is 0.481 e. The number of fused-ring (bicyclic) bond motifs is 1. The fourth-order valence-corrected chi connectivity index (χ4v) is 3.38. The number of ketones is 1. The minimum atomic E-state index is -0.553. The van der Waals surface area contributed by atoms with Gasteiger partial charge in [0.25, 0.3) is 0 Å². The van der Waals surface area contributed by atoms with Gasteiger partial charge in [0.1, 0.15) is 11.6 Å². The Kier molecular flexibility index (Phi) is 4.17. The highest BCUT2D eigenvalue weighted by atomic mass is 35.5. The standard InChI is InChI=1S/C16H12ClFO2S/c17-11-5-3-4-10(16(11)18)8-12(19)14-9-21-15-7-2-1-6-13(15)20-14/h1-7,14H,8-9H2. The molecule has 0 radical (unpaired) electrons. The van der Waals surface area contributed by atoms with E-state index in [4.69, 9.17) is 16.3 Å². The van der Waals surface area contributed by atoms with E-state index in [9.17, 15) is 9.18 Å². The number of carbonyl (C=O) groups excluding carboxylic acids is 1. The van der Waals surface area contributed by atoms with E-state index >= 15 is 0 Å². The normalized spacial score (nSPS) is 17.0. The summed E-state index contributed by atoms with van der Waals surface area (Å²) in [4.78, 5) is 13.3. The first-order chi connectivity index (χ1) is 10.1. The number of carbonyl (C=O) groups is 1. The highest BCUT2D eigenvalue weighted by Gasteiger charge is 2.27. The van der Waals surface area contributed by atoms with Gasteiger partial charge in [-0.1, -0.05) is 35.9 Å². The van der Waals surface area contributed by atoms with Crippen LogP contribution in [-0.4, -0.2) is 17.6 Å². The van der Waals surface area contributed by atoms with E-state index in [1.54, 1.807) is 23.9 Å². The van der Waals surface area contributed by atoms with Crippen molar-refractivity contribution < 1.29 is 13.9 Å². The van der Waals surface area contributed by atoms with Gasteiger partial charge in [-0.25, -0.2) is 4.39 Å². The topological polar surface area (TPSA) is 26.3 Å². The smallest absolute Gasteiger partial charge is 0.178 e. The fraction of sp³-hybridized carbons (Fsp3) is 0.188. The van der Waals surface area contributed by atoms with Crippen LogP contribution in [0.3, 0.4) is 0 Å². The van der Waals surface area contributed by atoms with Crippen LogP contribution in [-0.2, 0) is 11.2 Å². The molecule has 1 heterocycles. The Labute approximate surface area is 131 Å². The molecule has 108 valence electrons. The molecular formula is C16H12ClFO2S. The molecular weight excluding hydrogens is 311 g/mol. The van der Waals surface area contributed by atoms with Crippen molar-refractivity contribution in [2.45, 2.75) is 17.4 Å². The predicted molar refractivity (Wildman–Crippen MR) is 81.7 cm³/mol. The number of halogens is 2. The molecule has 5 heteroatoms. The van der Waals surface area contributed by atoms with Gasteiger partial charge in [-0.05, 0) is 23.8 Å². The molecule has 0 N–H and O–H groups in total. The van der Waals surface area contributed by atoms with Crippen molar-refractivity contribution in [3.8, 4) is 5.75 Å². The molecule has 2 nitrogen and oxygen atoms in total. The van der Waals surface area contributed by atoms with Crippen molar-refractivity contribution >= 4 is 29.1 Å². The van der Waals surface area contributed by atoms with Gasteiger partial charge in [0.2, 0.25) is 0 Å². The summed E-state index contributed by atoms with van der Waals surface area (Å²) in [5, 5.41) is 0.0320. The van der Waals surface area contributed by atoms with Crippen LogP contribution in [0.4, 0.5) is 4.39 Å². The Morgan fingerprint density at radius 3 is 2.95 bits per heavy atom. The Morgan fingerprint density at radius 1 is 1.29 bits per heavy atom. The molecule has 1 aliphatic rings. The van der Waals surface area contributed by atoms with Crippen molar-refractivity contribution in [3.63, 3.8) is 0 Å². The van der Waals surface area contributed by atoms with Crippen LogP contribution in [0, 0.1) is 5.82 Å². The van der Waals surface area contributed by atoms with E-state index in [1.807, 2.05) is 24.3 Å². The molecule has 3 rings (SSSR count). The summed E-state index contributed by atoms with van der Waals surface area (Å²) in [6, 6.07) is 12.3. The average molecular weight is 323 g/mol. The van der Waals surface area contributed by atoms with Gasteiger partial charge in [0, 0.05) is 17.1 Å². The van der Waals surface area contributed by atoms with Crippen LogP contribution >= 0.6 is 23.4 Å². The first-order valence-corrected chi connectivity index (χ1v) is 7.85. The third-order valence-electron chi connectivity index (χ3n) is 3.26. The van der Waals surface area contributed by atoms with Crippen molar-refractivity contribution in [2.75, 3.05) is 5.75 Å². The fourth-order valence-electron chi connectivity index (χ4n) is 2.16. The molecule has 2 aromatic carbocycles. The van der Waals surface area contributed by atoms with Gasteiger partial charge < -0.3 is 4.74 Å². The Hall–Kier alpha value is -1.52. The first kappa shape index (κ1) is 14.4. The predicted octanol–water partition coefficient (Wildman–Crippen LogP) is 4.14. The van der Waals surface area contributed by atoms with Crippen LogP contribution in [0.15, 0.2) is 47.4 Å². The van der Waals surface area contributed by atoms with E-state index in [0.717, 1.165) is 4.90 Å². The zero-order valence-electron chi connectivity index (χ0n) is 11.0. The van der Waals surface area contributed by atoms with Crippen LogP contribution in [0.1, 0.15) is 5.56 Å². The monoisotopic (exact) mass is 322 g/mol. The molecule has 21 heavy (non-hydrogen) atoms. The zero-order chi connectivity index (χ0) is 14.8. The van der Waals surface area contributed by atoms with E-state index in [1.165, 1.54) is 6.07 Å². The lowest BCUT2D eigenvalue weighted by molar-refractivity contribution is -0.124. The highest BCUT2D eigenvalue weighted by molar-refractivity contribution is 7.99. The molecule has 1 unspecified atom stereocenters. The summed E-state index contributed by atoms with van der Waals surface area (Å²) in [5.74, 6) is 0.575. The number of ether oxygens (including phenoxy) is 1. The number of Topliss-reactive ketones (excluding diaryl/α,β-unsaturated/α-hetero) is 1. The molecule has 0 amide bonds. The summed E-state index contributed by atoms with van der Waals surface area (Å²) in [6.07, 6.45) is -0.567. The third-order valence-corrected chi connectivity index (χ3v) is 4.67. The molecule has 0 saturated carbocycles. The second-order valence-electron chi connectivity index (χ2n) is 4.72. The third kappa shape index (κ3) is 3.06. The SMILES string of the molecule is O=C(Cc1cccc(Cl)c1F)C1CSc2ccccc2O1. The summed E-state index contributed by atoms with van der Waals surface area (Å²) >= 11 is 7.31. The lowest BCUT2D eigenvalue weighted by Gasteiger charge is -2.24. The van der Waals surface area contributed by atoms with Crippen molar-refractivity contribution in [2.24, 2.45) is 0 Å². The van der Waals surface area contributed by atoms with Gasteiger partial charge in [-0.3, -0.25) is 4.79 Å². The number of rotatable bonds is 3. The molecule has 0 fully saturated rings. The van der Waals surface area contributed by atoms with E-state index in [-0.39, 0.29) is 17.2 Å². The lowest BCUT2D eigenvalue weighted by atomic mass is 10.1. The molecule has 2 aromatic rings. The molecule has 0 bridgehead atoms. The Morgan fingerprint density at radius 2 is 2.10 bits per heavy atom. The average Bonchev–Trinajstić information content (AvgIpc) is 2.51. The summed E-state index contributed by atoms with van der Waals surface area (Å²) in [5.41, 5.74) is 0.306. The Bertz CT molecular complexity index is 690. The maximum Gasteiger partial charge on any atom is 0.178 e. The number of thioether (sulfide) groups is 1. The molecule has 1 atom stereocenters. The quantitative estimate of drug-likeness (QED) is 0.849. The second-order valence-corrected chi connectivity index (χ2v) is 6.19. The van der Waals surface area contributed by atoms with Crippen LogP contribution in [0.25, 0.3) is 0 Å². The van der Waals surface area contributed by atoms with Gasteiger partial charge in [-0.2, -0.15) is 0 Å². The minimum Gasteiger partial charge on any atom is -0.481 e. The number of benzene rings is 2. The van der Waals surface area contributed by atoms with Crippen molar-refractivity contribution in [1.82, 2.24) is 0 Å². The zero-order valence-corrected chi connectivity index (χ0v) is 12.6. The molecule has 1 aliphatic heterocycles. The first-order valence-electron chi connectivity index (χ1n) is 6.49. The molecule has 0 aromatic heterocycles. The van der Waals surface area contributed by atoms with E-state index in [0.29, 0.717) is 17.1 Å². The summed E-state index contributed by atoms with van der Waals surface area (Å²) < 4.78 is 19.5. The van der Waals surface area contributed by atoms with Crippen LogP contribution in [0.2, 0.25) is 5.02 Å². The van der Waals surface area contributed by atoms with E-state index in [2.05, 4.69) is 0 Å². The molecule has 0 saturated heterocycles. The second kappa shape index (κ2) is 6.08. The molecule has 0 aliphatic carbocycles. The maximum atomic E-state index is 13.8. The van der Waals surface area contributed by atoms with E-state index < -0.39 is 11.9 Å². The highest BCUT2D eigenvalue weighted by Crippen LogP contribution is 2.35. The van der Waals surface area contributed by atoms with Gasteiger partial charge in [0.15, 0.2) is 11.9 Å². The van der Waals surface area contributed by atoms with Gasteiger partial charge in [0.05, 0.1) is 5.02 Å². The number of hydrogen-bond donors (Lipinski definition) is 0.